The normalized spacial score (nSPS) is 20.0. The Bertz CT molecular complexity index is 812. The molecule has 0 aliphatic carbocycles. The molecule has 0 radical (unpaired) electrons. The average Bonchev–Trinajstić information content (AvgIpc) is 2.76. The minimum atomic E-state index is -0.485. The molecule has 0 saturated carbocycles. The molecule has 3 N–H and O–H groups in total. The van der Waals surface area contributed by atoms with E-state index in [9.17, 15) is 9.59 Å². The third-order valence-electron chi connectivity index (χ3n) is 4.98. The first kappa shape index (κ1) is 15.8. The van der Waals surface area contributed by atoms with Crippen molar-refractivity contribution in [3.8, 4) is 0 Å². The number of piperidine rings is 1. The first-order valence-corrected chi connectivity index (χ1v) is 8.74. The zero-order chi connectivity index (χ0) is 17.2. The SMILES string of the molecule is O=C1Nc2ccccc2C(C(=O)NC2CCNCC2)c2ccccc21. The fraction of sp³-hybridized carbons (Fsp3) is 0.300. The first-order valence-electron chi connectivity index (χ1n) is 8.74. The second kappa shape index (κ2) is 6.69. The molecule has 0 aromatic heterocycles. The van der Waals surface area contributed by atoms with Crippen LogP contribution in [0.2, 0.25) is 0 Å². The summed E-state index contributed by atoms with van der Waals surface area (Å²) in [5, 5.41) is 9.44. The van der Waals surface area contributed by atoms with Gasteiger partial charge in [0.25, 0.3) is 5.91 Å². The smallest absolute Gasteiger partial charge is 0.255 e. The molecule has 0 spiro atoms. The lowest BCUT2D eigenvalue weighted by molar-refractivity contribution is -0.122. The molecule has 1 unspecified atom stereocenters. The Morgan fingerprint density at radius 1 is 0.960 bits per heavy atom. The number of amides is 2. The molecule has 1 saturated heterocycles. The van der Waals surface area contributed by atoms with E-state index in [4.69, 9.17) is 0 Å². The summed E-state index contributed by atoms with van der Waals surface area (Å²) in [7, 11) is 0. The van der Waals surface area contributed by atoms with Crippen molar-refractivity contribution in [2.24, 2.45) is 0 Å². The number of rotatable bonds is 2. The summed E-state index contributed by atoms with van der Waals surface area (Å²) in [5.41, 5.74) is 2.86. The van der Waals surface area contributed by atoms with Gasteiger partial charge in [-0.25, -0.2) is 0 Å². The lowest BCUT2D eigenvalue weighted by Gasteiger charge is -2.27. The van der Waals surface area contributed by atoms with E-state index in [-0.39, 0.29) is 17.9 Å². The first-order chi connectivity index (χ1) is 12.2. The third-order valence-corrected chi connectivity index (χ3v) is 4.98. The number of nitrogens with one attached hydrogen (secondary N) is 3. The molecule has 2 aromatic rings. The lowest BCUT2D eigenvalue weighted by Crippen LogP contribution is -2.44. The topological polar surface area (TPSA) is 70.2 Å². The van der Waals surface area contributed by atoms with E-state index in [0.29, 0.717) is 11.3 Å². The molecule has 2 aromatic carbocycles. The van der Waals surface area contributed by atoms with Crippen LogP contribution in [0.1, 0.15) is 40.2 Å². The Hall–Kier alpha value is -2.66. The molecule has 2 heterocycles. The van der Waals surface area contributed by atoms with E-state index in [1.54, 1.807) is 6.07 Å². The van der Waals surface area contributed by atoms with Crippen molar-refractivity contribution in [1.29, 1.82) is 0 Å². The van der Waals surface area contributed by atoms with Crippen LogP contribution in [0, 0.1) is 0 Å². The summed E-state index contributed by atoms with van der Waals surface area (Å²) < 4.78 is 0. The fourth-order valence-electron chi connectivity index (χ4n) is 3.71. The molecule has 5 nitrogen and oxygen atoms in total. The van der Waals surface area contributed by atoms with Crippen LogP contribution >= 0.6 is 0 Å². The lowest BCUT2D eigenvalue weighted by atomic mass is 9.87. The van der Waals surface area contributed by atoms with E-state index in [0.717, 1.165) is 37.1 Å². The molecule has 128 valence electrons. The highest BCUT2D eigenvalue weighted by molar-refractivity contribution is 6.09. The molecule has 2 amide bonds. The summed E-state index contributed by atoms with van der Waals surface area (Å²) in [5.74, 6) is -0.690. The largest absolute Gasteiger partial charge is 0.352 e. The maximum absolute atomic E-state index is 13.2. The highest BCUT2D eigenvalue weighted by atomic mass is 16.2. The average molecular weight is 335 g/mol. The van der Waals surface area contributed by atoms with Gasteiger partial charge in [-0.15, -0.1) is 0 Å². The van der Waals surface area contributed by atoms with Gasteiger partial charge >= 0.3 is 0 Å². The van der Waals surface area contributed by atoms with Crippen LogP contribution in [-0.2, 0) is 4.79 Å². The number of para-hydroxylation sites is 1. The summed E-state index contributed by atoms with van der Waals surface area (Å²) in [6.07, 6.45) is 1.86. The van der Waals surface area contributed by atoms with Crippen molar-refractivity contribution in [3.05, 3.63) is 65.2 Å². The summed E-state index contributed by atoms with van der Waals surface area (Å²) in [4.78, 5) is 25.8. The predicted molar refractivity (Wildman–Crippen MR) is 96.7 cm³/mol. The Morgan fingerprint density at radius 2 is 1.64 bits per heavy atom. The Labute approximate surface area is 146 Å². The molecule has 25 heavy (non-hydrogen) atoms. The van der Waals surface area contributed by atoms with Crippen molar-refractivity contribution >= 4 is 17.5 Å². The van der Waals surface area contributed by atoms with E-state index in [2.05, 4.69) is 16.0 Å². The van der Waals surface area contributed by atoms with Crippen LogP contribution in [0.5, 0.6) is 0 Å². The minimum Gasteiger partial charge on any atom is -0.352 e. The number of fused-ring (bicyclic) bond motifs is 2. The van der Waals surface area contributed by atoms with Gasteiger partial charge in [-0.2, -0.15) is 0 Å². The number of carbonyl (C=O) groups excluding carboxylic acids is 2. The van der Waals surface area contributed by atoms with Crippen LogP contribution in [0.25, 0.3) is 0 Å². The van der Waals surface area contributed by atoms with Gasteiger partial charge in [0, 0.05) is 17.3 Å². The molecule has 5 heteroatoms. The number of anilines is 1. The van der Waals surface area contributed by atoms with E-state index >= 15 is 0 Å². The molecule has 0 bridgehead atoms. The quantitative estimate of drug-likeness (QED) is 0.788. The van der Waals surface area contributed by atoms with Crippen molar-refractivity contribution in [1.82, 2.24) is 10.6 Å². The summed E-state index contributed by atoms with van der Waals surface area (Å²) in [6, 6.07) is 15.1. The molecule has 2 aliphatic heterocycles. The predicted octanol–water partition coefficient (Wildman–Crippen LogP) is 2.25. The second-order valence-electron chi connectivity index (χ2n) is 6.59. The highest BCUT2D eigenvalue weighted by Crippen LogP contribution is 2.36. The van der Waals surface area contributed by atoms with Gasteiger partial charge in [-0.1, -0.05) is 36.4 Å². The van der Waals surface area contributed by atoms with Crippen molar-refractivity contribution in [3.63, 3.8) is 0 Å². The number of hydrogen-bond donors (Lipinski definition) is 3. The van der Waals surface area contributed by atoms with Gasteiger partial charge in [0.15, 0.2) is 0 Å². The second-order valence-corrected chi connectivity index (χ2v) is 6.59. The van der Waals surface area contributed by atoms with Crippen molar-refractivity contribution in [2.75, 3.05) is 18.4 Å². The molecular formula is C20H21N3O2. The number of carbonyl (C=O) groups is 2. The van der Waals surface area contributed by atoms with Gasteiger partial charge in [0.05, 0.1) is 5.92 Å². The summed E-state index contributed by atoms with van der Waals surface area (Å²) in [6.45, 7) is 1.84. The van der Waals surface area contributed by atoms with Crippen molar-refractivity contribution < 1.29 is 9.59 Å². The van der Waals surface area contributed by atoms with Gasteiger partial charge in [0.1, 0.15) is 0 Å². The molecule has 2 aliphatic rings. The Kier molecular flexibility index (Phi) is 4.24. The zero-order valence-electron chi connectivity index (χ0n) is 13.9. The minimum absolute atomic E-state index is 0.0386. The van der Waals surface area contributed by atoms with Gasteiger partial charge < -0.3 is 16.0 Å². The Balaban J connectivity index is 1.75. The maximum Gasteiger partial charge on any atom is 0.255 e. The molecular weight excluding hydrogens is 314 g/mol. The third kappa shape index (κ3) is 3.03. The van der Waals surface area contributed by atoms with Crippen LogP contribution in [-0.4, -0.2) is 30.9 Å². The van der Waals surface area contributed by atoms with Gasteiger partial charge in [0.2, 0.25) is 5.91 Å². The number of benzene rings is 2. The monoisotopic (exact) mass is 335 g/mol. The fourth-order valence-corrected chi connectivity index (χ4v) is 3.71. The Morgan fingerprint density at radius 3 is 2.44 bits per heavy atom. The number of hydrogen-bond acceptors (Lipinski definition) is 3. The zero-order valence-corrected chi connectivity index (χ0v) is 13.9. The standard InChI is InChI=1S/C20H21N3O2/c24-19-15-6-2-1-5-14(15)18(16-7-3-4-8-17(16)23-19)20(25)22-13-9-11-21-12-10-13/h1-8,13,18,21H,9-12H2,(H,22,25)(H,23,24). The van der Waals surface area contributed by atoms with E-state index < -0.39 is 5.92 Å². The van der Waals surface area contributed by atoms with Crippen molar-refractivity contribution in [2.45, 2.75) is 24.8 Å². The van der Waals surface area contributed by atoms with Crippen LogP contribution < -0.4 is 16.0 Å². The van der Waals surface area contributed by atoms with E-state index in [1.807, 2.05) is 42.5 Å². The van der Waals surface area contributed by atoms with Crippen LogP contribution in [0.15, 0.2) is 48.5 Å². The van der Waals surface area contributed by atoms with Gasteiger partial charge in [-0.05, 0) is 49.2 Å². The molecule has 1 atom stereocenters. The van der Waals surface area contributed by atoms with Gasteiger partial charge in [-0.3, -0.25) is 9.59 Å². The van der Waals surface area contributed by atoms with Crippen LogP contribution in [0.3, 0.4) is 0 Å². The highest BCUT2D eigenvalue weighted by Gasteiger charge is 2.33. The molecule has 1 fully saturated rings. The maximum atomic E-state index is 13.2. The van der Waals surface area contributed by atoms with Crippen LogP contribution in [0.4, 0.5) is 5.69 Å². The summed E-state index contributed by atoms with van der Waals surface area (Å²) >= 11 is 0. The van der Waals surface area contributed by atoms with E-state index in [1.165, 1.54) is 0 Å². The molecule has 4 rings (SSSR count).